The van der Waals surface area contributed by atoms with Gasteiger partial charge in [-0.1, -0.05) is 0 Å². The van der Waals surface area contributed by atoms with Crippen LogP contribution in [0.5, 0.6) is 5.75 Å². The lowest BCUT2D eigenvalue weighted by Crippen LogP contribution is -2.36. The zero-order chi connectivity index (χ0) is 17.0. The van der Waals surface area contributed by atoms with E-state index in [2.05, 4.69) is 15.0 Å². The van der Waals surface area contributed by atoms with E-state index in [9.17, 15) is 13.2 Å². The average molecular weight is 338 g/mol. The zero-order valence-electron chi connectivity index (χ0n) is 12.8. The van der Waals surface area contributed by atoms with Crippen molar-refractivity contribution in [1.29, 1.82) is 0 Å². The molecule has 128 valence electrons. The number of ether oxygens (including phenoxy) is 2. The number of nitrogens with zero attached hydrogens (tertiary/aromatic N) is 1. The second-order valence-electron chi connectivity index (χ2n) is 5.34. The molecule has 0 amide bonds. The van der Waals surface area contributed by atoms with E-state index >= 15 is 0 Å². The van der Waals surface area contributed by atoms with Crippen LogP contribution in [0, 0.1) is 0 Å². The first-order valence-corrected chi connectivity index (χ1v) is 7.55. The fourth-order valence-electron chi connectivity index (χ4n) is 2.48. The maximum atomic E-state index is 12.1. The number of nitrogens with one attached hydrogen (secondary N) is 1. The van der Waals surface area contributed by atoms with Gasteiger partial charge in [-0.15, -0.1) is 13.2 Å². The van der Waals surface area contributed by atoms with Crippen LogP contribution in [0.1, 0.15) is 0 Å². The SMILES string of the molecule is FC(F)(F)Oc1ccc(Nc2ccc(N3CCOCC3)cc2)cc1. The van der Waals surface area contributed by atoms with Crippen LogP contribution in [0.2, 0.25) is 0 Å². The molecule has 0 spiro atoms. The molecule has 0 bridgehead atoms. The molecule has 1 N–H and O–H groups in total. The maximum Gasteiger partial charge on any atom is 0.573 e. The Labute approximate surface area is 137 Å². The van der Waals surface area contributed by atoms with Gasteiger partial charge in [0.05, 0.1) is 13.2 Å². The Morgan fingerprint density at radius 2 is 1.42 bits per heavy atom. The molecule has 24 heavy (non-hydrogen) atoms. The fraction of sp³-hybridized carbons (Fsp3) is 0.294. The second-order valence-corrected chi connectivity index (χ2v) is 5.34. The van der Waals surface area contributed by atoms with Crippen molar-refractivity contribution in [3.05, 3.63) is 48.5 Å². The molecular formula is C17H17F3N2O2. The van der Waals surface area contributed by atoms with Gasteiger partial charge in [0.25, 0.3) is 0 Å². The molecule has 1 saturated heterocycles. The van der Waals surface area contributed by atoms with Gasteiger partial charge in [-0.2, -0.15) is 0 Å². The predicted octanol–water partition coefficient (Wildman–Crippen LogP) is 4.17. The highest BCUT2D eigenvalue weighted by molar-refractivity contribution is 5.63. The first-order valence-electron chi connectivity index (χ1n) is 7.55. The molecule has 0 aromatic heterocycles. The Morgan fingerprint density at radius 1 is 0.875 bits per heavy atom. The molecule has 0 saturated carbocycles. The Balaban J connectivity index is 1.61. The molecule has 2 aromatic carbocycles. The molecule has 0 aliphatic carbocycles. The van der Waals surface area contributed by atoms with E-state index in [0.717, 1.165) is 37.7 Å². The zero-order valence-corrected chi connectivity index (χ0v) is 12.8. The lowest BCUT2D eigenvalue weighted by molar-refractivity contribution is -0.274. The molecule has 0 atom stereocenters. The smallest absolute Gasteiger partial charge is 0.406 e. The Morgan fingerprint density at radius 3 is 1.96 bits per heavy atom. The number of anilines is 3. The molecule has 1 fully saturated rings. The van der Waals surface area contributed by atoms with E-state index < -0.39 is 6.36 Å². The van der Waals surface area contributed by atoms with Crippen molar-refractivity contribution in [2.24, 2.45) is 0 Å². The van der Waals surface area contributed by atoms with Gasteiger partial charge < -0.3 is 19.7 Å². The lowest BCUT2D eigenvalue weighted by atomic mass is 10.2. The summed E-state index contributed by atoms with van der Waals surface area (Å²) in [6.07, 6.45) is -4.68. The van der Waals surface area contributed by atoms with Gasteiger partial charge in [0.2, 0.25) is 0 Å². The van der Waals surface area contributed by atoms with Crippen molar-refractivity contribution < 1.29 is 22.6 Å². The molecule has 2 aromatic rings. The highest BCUT2D eigenvalue weighted by Gasteiger charge is 2.30. The van der Waals surface area contributed by atoms with Gasteiger partial charge in [0, 0.05) is 30.2 Å². The van der Waals surface area contributed by atoms with Crippen LogP contribution in [0.4, 0.5) is 30.2 Å². The number of benzene rings is 2. The minimum absolute atomic E-state index is 0.240. The molecule has 1 aliphatic rings. The van der Waals surface area contributed by atoms with Gasteiger partial charge in [0.15, 0.2) is 0 Å². The second kappa shape index (κ2) is 7.00. The van der Waals surface area contributed by atoms with Crippen LogP contribution in [-0.2, 0) is 4.74 Å². The van der Waals surface area contributed by atoms with Crippen molar-refractivity contribution in [3.63, 3.8) is 0 Å². The standard InChI is InChI=1S/C17H17F3N2O2/c18-17(19,20)24-16-7-3-14(4-8-16)21-13-1-5-15(6-2-13)22-9-11-23-12-10-22/h1-8,21H,9-12H2. The van der Waals surface area contributed by atoms with Crippen molar-refractivity contribution in [2.45, 2.75) is 6.36 Å². The summed E-state index contributed by atoms with van der Waals surface area (Å²) in [5.41, 5.74) is 2.66. The van der Waals surface area contributed by atoms with E-state index in [1.165, 1.54) is 24.3 Å². The first kappa shape index (κ1) is 16.4. The van der Waals surface area contributed by atoms with E-state index in [4.69, 9.17) is 4.74 Å². The molecule has 3 rings (SSSR count). The Bertz CT molecular complexity index is 651. The van der Waals surface area contributed by atoms with Crippen LogP contribution in [0.3, 0.4) is 0 Å². The number of morpholine rings is 1. The van der Waals surface area contributed by atoms with Crippen molar-refractivity contribution >= 4 is 17.1 Å². The summed E-state index contributed by atoms with van der Waals surface area (Å²) < 4.78 is 45.6. The summed E-state index contributed by atoms with van der Waals surface area (Å²) >= 11 is 0. The van der Waals surface area contributed by atoms with Crippen LogP contribution in [0.25, 0.3) is 0 Å². The topological polar surface area (TPSA) is 33.7 Å². The Kier molecular flexibility index (Phi) is 4.80. The van der Waals surface area contributed by atoms with Crippen LogP contribution < -0.4 is 15.0 Å². The van der Waals surface area contributed by atoms with Crippen molar-refractivity contribution in [1.82, 2.24) is 0 Å². The molecule has 4 nitrogen and oxygen atoms in total. The highest BCUT2D eigenvalue weighted by Crippen LogP contribution is 2.26. The quantitative estimate of drug-likeness (QED) is 0.907. The molecule has 0 unspecified atom stereocenters. The van der Waals surface area contributed by atoms with E-state index in [-0.39, 0.29) is 5.75 Å². The minimum Gasteiger partial charge on any atom is -0.406 e. The Hall–Kier alpha value is -2.41. The predicted molar refractivity (Wildman–Crippen MR) is 85.9 cm³/mol. The van der Waals surface area contributed by atoms with Crippen molar-refractivity contribution in [2.75, 3.05) is 36.5 Å². The monoisotopic (exact) mass is 338 g/mol. The number of alkyl halides is 3. The number of halogens is 3. The summed E-state index contributed by atoms with van der Waals surface area (Å²) in [6, 6.07) is 13.5. The van der Waals surface area contributed by atoms with Crippen molar-refractivity contribution in [3.8, 4) is 5.75 Å². The summed E-state index contributed by atoms with van der Waals surface area (Å²) in [7, 11) is 0. The summed E-state index contributed by atoms with van der Waals surface area (Å²) in [5.74, 6) is -0.240. The highest BCUT2D eigenvalue weighted by atomic mass is 19.4. The van der Waals surface area contributed by atoms with Crippen LogP contribution in [0.15, 0.2) is 48.5 Å². The van der Waals surface area contributed by atoms with Gasteiger partial charge in [-0.25, -0.2) is 0 Å². The third kappa shape index (κ3) is 4.55. The lowest BCUT2D eigenvalue weighted by Gasteiger charge is -2.28. The molecule has 1 heterocycles. The molecule has 7 heteroatoms. The average Bonchev–Trinajstić information content (AvgIpc) is 2.57. The normalized spacial score (nSPS) is 15.2. The molecular weight excluding hydrogens is 321 g/mol. The van der Waals surface area contributed by atoms with Crippen LogP contribution in [-0.4, -0.2) is 32.7 Å². The van der Waals surface area contributed by atoms with Gasteiger partial charge >= 0.3 is 6.36 Å². The fourth-order valence-corrected chi connectivity index (χ4v) is 2.48. The van der Waals surface area contributed by atoms with E-state index in [1.54, 1.807) is 0 Å². The summed E-state index contributed by atoms with van der Waals surface area (Å²) in [5, 5.41) is 3.14. The van der Waals surface area contributed by atoms with Gasteiger partial charge in [-0.3, -0.25) is 0 Å². The molecule has 1 aliphatic heterocycles. The van der Waals surface area contributed by atoms with Crippen LogP contribution >= 0.6 is 0 Å². The number of rotatable bonds is 4. The first-order chi connectivity index (χ1) is 11.5. The summed E-state index contributed by atoms with van der Waals surface area (Å²) in [6.45, 7) is 3.19. The van der Waals surface area contributed by atoms with E-state index in [1.807, 2.05) is 24.3 Å². The van der Waals surface area contributed by atoms with Gasteiger partial charge in [-0.05, 0) is 48.5 Å². The third-order valence-corrected chi connectivity index (χ3v) is 3.62. The number of hydrogen-bond donors (Lipinski definition) is 1. The summed E-state index contributed by atoms with van der Waals surface area (Å²) in [4.78, 5) is 2.25. The molecule has 0 radical (unpaired) electrons. The largest absolute Gasteiger partial charge is 0.573 e. The maximum absolute atomic E-state index is 12.1. The minimum atomic E-state index is -4.68. The number of hydrogen-bond acceptors (Lipinski definition) is 4. The third-order valence-electron chi connectivity index (χ3n) is 3.62. The van der Waals surface area contributed by atoms with E-state index in [0.29, 0.717) is 5.69 Å². The van der Waals surface area contributed by atoms with Gasteiger partial charge in [0.1, 0.15) is 5.75 Å².